The first-order valence-corrected chi connectivity index (χ1v) is 3.47. The molecule has 1 aromatic rings. The van der Waals surface area contributed by atoms with Gasteiger partial charge in [-0.05, 0) is 18.2 Å². The SMILES string of the molecule is Cn1cccc(/C=C\C#N)c1=O. The van der Waals surface area contributed by atoms with E-state index in [-0.39, 0.29) is 5.56 Å². The summed E-state index contributed by atoms with van der Waals surface area (Å²) in [5.41, 5.74) is 0.436. The Balaban J connectivity index is 3.20. The zero-order chi connectivity index (χ0) is 8.97. The van der Waals surface area contributed by atoms with Crippen molar-refractivity contribution in [3.63, 3.8) is 0 Å². The van der Waals surface area contributed by atoms with E-state index in [4.69, 9.17) is 5.26 Å². The topological polar surface area (TPSA) is 45.8 Å². The van der Waals surface area contributed by atoms with E-state index in [1.54, 1.807) is 25.4 Å². The quantitative estimate of drug-likeness (QED) is 0.573. The Bertz CT molecular complexity index is 396. The number of allylic oxidation sites excluding steroid dienone is 1. The van der Waals surface area contributed by atoms with Gasteiger partial charge >= 0.3 is 0 Å². The van der Waals surface area contributed by atoms with Crippen molar-refractivity contribution in [2.45, 2.75) is 0 Å². The zero-order valence-corrected chi connectivity index (χ0v) is 6.69. The second-order valence-electron chi connectivity index (χ2n) is 2.34. The average Bonchev–Trinajstić information content (AvgIpc) is 2.08. The van der Waals surface area contributed by atoms with Crippen LogP contribution in [-0.2, 0) is 7.05 Å². The van der Waals surface area contributed by atoms with E-state index >= 15 is 0 Å². The van der Waals surface area contributed by atoms with Crippen molar-refractivity contribution in [1.29, 1.82) is 5.26 Å². The van der Waals surface area contributed by atoms with Crippen LogP contribution in [0.25, 0.3) is 6.08 Å². The minimum Gasteiger partial charge on any atom is -0.318 e. The van der Waals surface area contributed by atoms with E-state index in [0.717, 1.165) is 0 Å². The fourth-order valence-corrected chi connectivity index (χ4v) is 0.872. The number of nitriles is 1. The van der Waals surface area contributed by atoms with Crippen molar-refractivity contribution in [3.8, 4) is 6.07 Å². The van der Waals surface area contributed by atoms with E-state index in [2.05, 4.69) is 0 Å². The molecule has 1 rings (SSSR count). The number of rotatable bonds is 1. The van der Waals surface area contributed by atoms with E-state index in [1.807, 2.05) is 6.07 Å². The Morgan fingerprint density at radius 2 is 2.42 bits per heavy atom. The lowest BCUT2D eigenvalue weighted by Gasteiger charge is -1.96. The summed E-state index contributed by atoms with van der Waals surface area (Å²) >= 11 is 0. The third kappa shape index (κ3) is 1.61. The number of hydrogen-bond donors (Lipinski definition) is 0. The van der Waals surface area contributed by atoms with Crippen molar-refractivity contribution in [3.05, 3.63) is 40.3 Å². The molecule has 12 heavy (non-hydrogen) atoms. The highest BCUT2D eigenvalue weighted by atomic mass is 16.1. The number of nitrogens with zero attached hydrogens (tertiary/aromatic N) is 2. The van der Waals surface area contributed by atoms with E-state index in [9.17, 15) is 4.79 Å². The summed E-state index contributed by atoms with van der Waals surface area (Å²) in [5.74, 6) is 0. The summed E-state index contributed by atoms with van der Waals surface area (Å²) in [7, 11) is 1.67. The summed E-state index contributed by atoms with van der Waals surface area (Å²) in [4.78, 5) is 11.3. The van der Waals surface area contributed by atoms with Gasteiger partial charge < -0.3 is 4.57 Å². The van der Waals surface area contributed by atoms with Crippen LogP contribution in [0.2, 0.25) is 0 Å². The molecule has 0 aliphatic carbocycles. The van der Waals surface area contributed by atoms with Crippen LogP contribution >= 0.6 is 0 Å². The first-order chi connectivity index (χ1) is 5.75. The van der Waals surface area contributed by atoms with Crippen LogP contribution in [0, 0.1) is 11.3 Å². The zero-order valence-electron chi connectivity index (χ0n) is 6.69. The molecule has 0 aliphatic rings. The maximum atomic E-state index is 11.3. The molecule has 1 aromatic heterocycles. The Labute approximate surface area is 70.2 Å². The minimum atomic E-state index is -0.0935. The molecule has 0 bridgehead atoms. The summed E-state index contributed by atoms with van der Waals surface area (Å²) in [6.45, 7) is 0. The molecule has 0 amide bonds. The van der Waals surface area contributed by atoms with Gasteiger partial charge in [0, 0.05) is 24.9 Å². The average molecular weight is 160 g/mol. The van der Waals surface area contributed by atoms with Crippen molar-refractivity contribution in [2.75, 3.05) is 0 Å². The third-order valence-corrected chi connectivity index (χ3v) is 1.49. The van der Waals surface area contributed by atoms with E-state index < -0.39 is 0 Å². The molecular weight excluding hydrogens is 152 g/mol. The van der Waals surface area contributed by atoms with Crippen LogP contribution in [0.1, 0.15) is 5.56 Å². The predicted octanol–water partition coefficient (Wildman–Crippen LogP) is 0.922. The van der Waals surface area contributed by atoms with E-state index in [0.29, 0.717) is 5.56 Å². The van der Waals surface area contributed by atoms with Crippen LogP contribution in [0.3, 0.4) is 0 Å². The first kappa shape index (κ1) is 8.28. The molecule has 3 nitrogen and oxygen atoms in total. The Morgan fingerprint density at radius 1 is 1.67 bits per heavy atom. The van der Waals surface area contributed by atoms with Gasteiger partial charge in [0.15, 0.2) is 0 Å². The van der Waals surface area contributed by atoms with Crippen LogP contribution in [0.15, 0.2) is 29.2 Å². The smallest absolute Gasteiger partial charge is 0.257 e. The van der Waals surface area contributed by atoms with Crippen molar-refractivity contribution in [1.82, 2.24) is 4.57 Å². The molecule has 0 saturated carbocycles. The Kier molecular flexibility index (Phi) is 2.44. The van der Waals surface area contributed by atoms with Crippen molar-refractivity contribution in [2.24, 2.45) is 7.05 Å². The minimum absolute atomic E-state index is 0.0935. The molecule has 0 N–H and O–H groups in total. The monoisotopic (exact) mass is 160 g/mol. The fraction of sp³-hybridized carbons (Fsp3) is 0.111. The maximum absolute atomic E-state index is 11.3. The van der Waals surface area contributed by atoms with Gasteiger partial charge in [-0.15, -0.1) is 0 Å². The standard InChI is InChI=1S/C9H8N2O/c1-11-7-3-5-8(9(11)12)4-2-6-10/h2-5,7H,1H3/b4-2-. The molecule has 0 radical (unpaired) electrons. The van der Waals surface area contributed by atoms with Crippen molar-refractivity contribution >= 4 is 6.08 Å². The van der Waals surface area contributed by atoms with Gasteiger partial charge in [-0.2, -0.15) is 5.26 Å². The molecular formula is C9H8N2O. The maximum Gasteiger partial charge on any atom is 0.257 e. The summed E-state index contributed by atoms with van der Waals surface area (Å²) in [5, 5.41) is 8.24. The molecule has 0 saturated heterocycles. The fourth-order valence-electron chi connectivity index (χ4n) is 0.872. The van der Waals surface area contributed by atoms with Crippen LogP contribution in [0.5, 0.6) is 0 Å². The summed E-state index contributed by atoms with van der Waals surface area (Å²) in [6, 6.07) is 5.27. The van der Waals surface area contributed by atoms with E-state index in [1.165, 1.54) is 16.7 Å². The van der Waals surface area contributed by atoms with Crippen LogP contribution in [-0.4, -0.2) is 4.57 Å². The van der Waals surface area contributed by atoms with Gasteiger partial charge in [0.2, 0.25) is 0 Å². The lowest BCUT2D eigenvalue weighted by molar-refractivity contribution is 0.857. The highest BCUT2D eigenvalue weighted by Crippen LogP contribution is 1.92. The predicted molar refractivity (Wildman–Crippen MR) is 46.3 cm³/mol. The van der Waals surface area contributed by atoms with Crippen LogP contribution < -0.4 is 5.56 Å². The van der Waals surface area contributed by atoms with Crippen LogP contribution in [0.4, 0.5) is 0 Å². The molecule has 3 heteroatoms. The summed E-state index contributed by atoms with van der Waals surface area (Å²) in [6.07, 6.45) is 4.46. The molecule has 0 aliphatic heterocycles. The van der Waals surface area contributed by atoms with Gasteiger partial charge in [0.25, 0.3) is 5.56 Å². The molecule has 1 heterocycles. The summed E-state index contributed by atoms with van der Waals surface area (Å²) < 4.78 is 1.47. The van der Waals surface area contributed by atoms with Gasteiger partial charge in [0.1, 0.15) is 0 Å². The first-order valence-electron chi connectivity index (χ1n) is 3.47. The highest BCUT2D eigenvalue weighted by molar-refractivity contribution is 5.50. The molecule has 0 aromatic carbocycles. The highest BCUT2D eigenvalue weighted by Gasteiger charge is 1.93. The second kappa shape index (κ2) is 3.54. The molecule has 0 fully saturated rings. The van der Waals surface area contributed by atoms with Crippen molar-refractivity contribution < 1.29 is 0 Å². The number of hydrogen-bond acceptors (Lipinski definition) is 2. The number of aromatic nitrogens is 1. The molecule has 60 valence electrons. The molecule has 0 spiro atoms. The normalized spacial score (nSPS) is 10.0. The Morgan fingerprint density at radius 3 is 3.08 bits per heavy atom. The second-order valence-corrected chi connectivity index (χ2v) is 2.34. The molecule has 0 unspecified atom stereocenters. The van der Waals surface area contributed by atoms with Gasteiger partial charge in [0.05, 0.1) is 6.07 Å². The largest absolute Gasteiger partial charge is 0.318 e. The Hall–Kier alpha value is -1.82. The molecule has 0 atom stereocenters. The van der Waals surface area contributed by atoms with Gasteiger partial charge in [-0.25, -0.2) is 0 Å². The third-order valence-electron chi connectivity index (χ3n) is 1.49. The lowest BCUT2D eigenvalue weighted by Crippen LogP contribution is -2.17. The lowest BCUT2D eigenvalue weighted by atomic mass is 10.2. The van der Waals surface area contributed by atoms with Gasteiger partial charge in [-0.3, -0.25) is 4.79 Å². The number of pyridine rings is 1. The van der Waals surface area contributed by atoms with Gasteiger partial charge in [-0.1, -0.05) is 0 Å². The number of aryl methyl sites for hydroxylation is 1.